The van der Waals surface area contributed by atoms with Crippen LogP contribution >= 0.6 is 15.9 Å². The topological polar surface area (TPSA) is 76.0 Å². The summed E-state index contributed by atoms with van der Waals surface area (Å²) in [6.07, 6.45) is 2.51. The van der Waals surface area contributed by atoms with Crippen LogP contribution in [-0.4, -0.2) is 57.3 Å². The average Bonchev–Trinajstić information content (AvgIpc) is 2.82. The Hall–Kier alpha value is -1.25. The third-order valence-corrected chi connectivity index (χ3v) is 4.46. The molecule has 1 fully saturated rings. The van der Waals surface area contributed by atoms with Crippen LogP contribution in [0.4, 0.5) is 0 Å². The van der Waals surface area contributed by atoms with Crippen LogP contribution in [-0.2, 0) is 4.74 Å². The number of hydrogen-bond acceptors (Lipinski definition) is 5. The first-order valence-corrected chi connectivity index (χ1v) is 8.76. The van der Waals surface area contributed by atoms with E-state index >= 15 is 0 Å². The fourth-order valence-corrected chi connectivity index (χ4v) is 3.37. The summed E-state index contributed by atoms with van der Waals surface area (Å²) >= 11 is 3.34. The Balaban J connectivity index is 1.96. The number of aromatic nitrogens is 4. The van der Waals surface area contributed by atoms with Crippen LogP contribution < -0.4 is 5.69 Å². The molecule has 1 aliphatic rings. The number of imidazole rings is 1. The molecule has 0 saturated carbocycles. The minimum atomic E-state index is -0.142. The van der Waals surface area contributed by atoms with Gasteiger partial charge in [-0.1, -0.05) is 13.8 Å². The van der Waals surface area contributed by atoms with Crippen LogP contribution in [0.2, 0.25) is 0 Å². The summed E-state index contributed by atoms with van der Waals surface area (Å²) in [6.45, 7) is 8.48. The molecule has 0 radical (unpaired) electrons. The molecular formula is C15H22BrN5O2. The van der Waals surface area contributed by atoms with Crippen LogP contribution in [0.3, 0.4) is 0 Å². The van der Waals surface area contributed by atoms with E-state index in [2.05, 4.69) is 49.6 Å². The van der Waals surface area contributed by atoms with E-state index in [1.165, 1.54) is 0 Å². The summed E-state index contributed by atoms with van der Waals surface area (Å²) in [4.78, 5) is 26.4. The number of ether oxygens (including phenoxy) is 1. The number of nitrogens with zero attached hydrogens (tertiary/aromatic N) is 4. The van der Waals surface area contributed by atoms with Gasteiger partial charge in [-0.15, -0.1) is 0 Å². The summed E-state index contributed by atoms with van der Waals surface area (Å²) in [7, 11) is 0. The van der Waals surface area contributed by atoms with Gasteiger partial charge in [0.2, 0.25) is 0 Å². The number of aromatic amines is 1. The quantitative estimate of drug-likeness (QED) is 0.851. The highest BCUT2D eigenvalue weighted by molar-refractivity contribution is 9.10. The predicted octanol–water partition coefficient (Wildman–Crippen LogP) is 1.80. The molecule has 2 aromatic heterocycles. The Kier molecular flexibility index (Phi) is 5.13. The van der Waals surface area contributed by atoms with E-state index in [4.69, 9.17) is 4.74 Å². The zero-order valence-electron chi connectivity index (χ0n) is 13.5. The van der Waals surface area contributed by atoms with Gasteiger partial charge in [0.1, 0.15) is 4.60 Å². The van der Waals surface area contributed by atoms with E-state index in [0.29, 0.717) is 21.8 Å². The summed E-state index contributed by atoms with van der Waals surface area (Å²) in [5, 5.41) is 0. The normalized spacial score (nSPS) is 17.9. The van der Waals surface area contributed by atoms with Gasteiger partial charge in [-0.05, 0) is 28.3 Å². The molecule has 3 rings (SSSR count). The molecule has 126 valence electrons. The molecule has 0 spiro atoms. The number of halogens is 1. The fourth-order valence-electron chi connectivity index (χ4n) is 3.10. The number of morpholine rings is 1. The Morgan fingerprint density at radius 3 is 2.83 bits per heavy atom. The van der Waals surface area contributed by atoms with E-state index in [9.17, 15) is 4.79 Å². The average molecular weight is 384 g/mol. The number of nitrogens with one attached hydrogen (secondary N) is 1. The second-order valence-corrected chi connectivity index (χ2v) is 7.17. The van der Waals surface area contributed by atoms with E-state index in [1.54, 1.807) is 10.8 Å². The monoisotopic (exact) mass is 383 g/mol. The summed E-state index contributed by atoms with van der Waals surface area (Å²) in [6, 6.07) is 0.0675. The molecule has 0 aliphatic carbocycles. The molecule has 0 amide bonds. The first-order chi connectivity index (χ1) is 11.0. The van der Waals surface area contributed by atoms with Gasteiger partial charge in [-0.25, -0.2) is 14.8 Å². The number of rotatable bonds is 5. The lowest BCUT2D eigenvalue weighted by Gasteiger charge is -2.31. The largest absolute Gasteiger partial charge is 0.379 e. The lowest BCUT2D eigenvalue weighted by atomic mass is 10.0. The highest BCUT2D eigenvalue weighted by Gasteiger charge is 2.23. The van der Waals surface area contributed by atoms with Crippen molar-refractivity contribution in [3.05, 3.63) is 21.3 Å². The maximum absolute atomic E-state index is 12.5. The lowest BCUT2D eigenvalue weighted by molar-refractivity contribution is 0.0302. The highest BCUT2D eigenvalue weighted by Crippen LogP contribution is 2.22. The third-order valence-electron chi connectivity index (χ3n) is 4.08. The smallest absolute Gasteiger partial charge is 0.329 e. The molecule has 1 N–H and O–H groups in total. The molecule has 23 heavy (non-hydrogen) atoms. The van der Waals surface area contributed by atoms with Crippen molar-refractivity contribution in [1.29, 1.82) is 0 Å². The molecule has 0 bridgehead atoms. The van der Waals surface area contributed by atoms with Gasteiger partial charge in [-0.3, -0.25) is 14.5 Å². The summed E-state index contributed by atoms with van der Waals surface area (Å²) in [5.41, 5.74) is 1.01. The molecule has 1 atom stereocenters. The molecular weight excluding hydrogens is 362 g/mol. The zero-order chi connectivity index (χ0) is 16.4. The Morgan fingerprint density at radius 1 is 1.39 bits per heavy atom. The third kappa shape index (κ3) is 3.81. The summed E-state index contributed by atoms with van der Waals surface area (Å²) in [5.74, 6) is 0.484. The minimum absolute atomic E-state index is 0.0675. The Bertz CT molecular complexity index is 720. The SMILES string of the molecule is CC(C)C[C@H](CN1CCOCC1)n1c(=O)[nH]c2ncc(Br)nc21. The van der Waals surface area contributed by atoms with Gasteiger partial charge in [0.15, 0.2) is 11.3 Å². The standard InChI is InChI=1S/C15H22BrN5O2/c1-10(2)7-11(9-20-3-5-23-6-4-20)21-14-13(19-15(21)22)17-8-12(16)18-14/h8,10-11H,3-7,9H2,1-2H3,(H,17,19,22)/t11-/m1/s1. The first kappa shape index (κ1) is 16.6. The van der Waals surface area contributed by atoms with E-state index in [1.807, 2.05) is 0 Å². The second-order valence-electron chi connectivity index (χ2n) is 6.36. The molecule has 1 saturated heterocycles. The fraction of sp³-hybridized carbons (Fsp3) is 0.667. The number of hydrogen-bond donors (Lipinski definition) is 1. The number of fused-ring (bicyclic) bond motifs is 1. The van der Waals surface area contributed by atoms with Gasteiger partial charge < -0.3 is 4.74 Å². The van der Waals surface area contributed by atoms with Crippen LogP contribution in [0.5, 0.6) is 0 Å². The molecule has 1 aliphatic heterocycles. The van der Waals surface area contributed by atoms with Gasteiger partial charge in [0, 0.05) is 19.6 Å². The minimum Gasteiger partial charge on any atom is -0.379 e. The van der Waals surface area contributed by atoms with Crippen molar-refractivity contribution in [2.75, 3.05) is 32.8 Å². The molecule has 2 aromatic rings. The second kappa shape index (κ2) is 7.11. The van der Waals surface area contributed by atoms with Crippen LogP contribution in [0, 0.1) is 5.92 Å². The summed E-state index contributed by atoms with van der Waals surface area (Å²) < 4.78 is 7.82. The molecule has 8 heteroatoms. The predicted molar refractivity (Wildman–Crippen MR) is 91.6 cm³/mol. The Labute approximate surface area is 143 Å². The molecule has 7 nitrogen and oxygen atoms in total. The van der Waals surface area contributed by atoms with E-state index in [-0.39, 0.29) is 11.7 Å². The van der Waals surface area contributed by atoms with E-state index < -0.39 is 0 Å². The van der Waals surface area contributed by atoms with Crippen molar-refractivity contribution in [1.82, 2.24) is 24.4 Å². The van der Waals surface area contributed by atoms with Crippen molar-refractivity contribution in [2.45, 2.75) is 26.3 Å². The molecule has 0 unspecified atom stereocenters. The van der Waals surface area contributed by atoms with Crippen LogP contribution in [0.15, 0.2) is 15.6 Å². The lowest BCUT2D eigenvalue weighted by Crippen LogP contribution is -2.41. The van der Waals surface area contributed by atoms with Gasteiger partial charge in [-0.2, -0.15) is 0 Å². The van der Waals surface area contributed by atoms with Gasteiger partial charge in [0.25, 0.3) is 0 Å². The van der Waals surface area contributed by atoms with Gasteiger partial charge in [0.05, 0.1) is 25.5 Å². The molecule has 3 heterocycles. The first-order valence-electron chi connectivity index (χ1n) is 7.97. The number of H-pyrrole nitrogens is 1. The maximum atomic E-state index is 12.5. The maximum Gasteiger partial charge on any atom is 0.329 e. The van der Waals surface area contributed by atoms with Crippen LogP contribution in [0.25, 0.3) is 11.3 Å². The van der Waals surface area contributed by atoms with Crippen molar-refractivity contribution >= 4 is 27.2 Å². The van der Waals surface area contributed by atoms with Crippen LogP contribution in [0.1, 0.15) is 26.3 Å². The van der Waals surface area contributed by atoms with Crippen molar-refractivity contribution in [3.63, 3.8) is 0 Å². The zero-order valence-corrected chi connectivity index (χ0v) is 15.0. The van der Waals surface area contributed by atoms with E-state index in [0.717, 1.165) is 39.3 Å². The van der Waals surface area contributed by atoms with Gasteiger partial charge >= 0.3 is 5.69 Å². The Morgan fingerprint density at radius 2 is 2.13 bits per heavy atom. The molecule has 0 aromatic carbocycles. The van der Waals surface area contributed by atoms with Crippen molar-refractivity contribution < 1.29 is 4.74 Å². The van der Waals surface area contributed by atoms with Crippen molar-refractivity contribution in [2.24, 2.45) is 5.92 Å². The van der Waals surface area contributed by atoms with Crippen molar-refractivity contribution in [3.8, 4) is 0 Å². The highest BCUT2D eigenvalue weighted by atomic mass is 79.9.